The number of rotatable bonds is 5. The largest absolute Gasteiger partial charge is 0.495 e. The van der Waals surface area contributed by atoms with E-state index in [0.29, 0.717) is 37.2 Å². The number of nitrogens with zero attached hydrogens (tertiary/aromatic N) is 2. The number of likely N-dealkylation sites (tertiary alicyclic amines) is 1. The van der Waals surface area contributed by atoms with Gasteiger partial charge in [0.15, 0.2) is 0 Å². The van der Waals surface area contributed by atoms with Crippen LogP contribution in [0.25, 0.3) is 0 Å². The molecule has 1 aliphatic heterocycles. The van der Waals surface area contributed by atoms with E-state index in [1.54, 1.807) is 13.2 Å². The van der Waals surface area contributed by atoms with Gasteiger partial charge >= 0.3 is 5.97 Å². The molecule has 1 atom stereocenters. The van der Waals surface area contributed by atoms with Gasteiger partial charge in [-0.3, -0.25) is 9.69 Å². The average molecular weight is 288 g/mol. The van der Waals surface area contributed by atoms with Crippen LogP contribution in [-0.4, -0.2) is 36.2 Å². The number of benzene rings is 1. The lowest BCUT2D eigenvalue weighted by Crippen LogP contribution is -2.33. The molecule has 1 aromatic carbocycles. The normalized spacial score (nSPS) is 22.0. The Morgan fingerprint density at radius 1 is 1.57 bits per heavy atom. The summed E-state index contributed by atoms with van der Waals surface area (Å²) >= 11 is 0. The molecule has 1 N–H and O–H groups in total. The van der Waals surface area contributed by atoms with E-state index in [1.165, 1.54) is 0 Å². The quantitative estimate of drug-likeness (QED) is 0.899. The molecule has 1 unspecified atom stereocenters. The summed E-state index contributed by atoms with van der Waals surface area (Å²) in [6, 6.07) is 7.64. The summed E-state index contributed by atoms with van der Waals surface area (Å²) in [6.45, 7) is 3.92. The van der Waals surface area contributed by atoms with Gasteiger partial charge in [0.2, 0.25) is 0 Å². The highest BCUT2D eigenvalue weighted by Gasteiger charge is 2.43. The van der Waals surface area contributed by atoms with Crippen molar-refractivity contribution in [3.8, 4) is 11.8 Å². The maximum absolute atomic E-state index is 11.5. The second-order valence-electron chi connectivity index (χ2n) is 5.55. The van der Waals surface area contributed by atoms with Gasteiger partial charge in [-0.25, -0.2) is 0 Å². The van der Waals surface area contributed by atoms with E-state index in [0.717, 1.165) is 12.1 Å². The lowest BCUT2D eigenvalue weighted by atomic mass is 9.84. The first-order valence-corrected chi connectivity index (χ1v) is 7.07. The van der Waals surface area contributed by atoms with E-state index in [1.807, 2.05) is 19.1 Å². The van der Waals surface area contributed by atoms with Crippen LogP contribution in [0.4, 0.5) is 0 Å². The topological polar surface area (TPSA) is 73.6 Å². The first-order chi connectivity index (χ1) is 10.0. The molecule has 5 nitrogen and oxygen atoms in total. The predicted octanol–water partition coefficient (Wildman–Crippen LogP) is 2.25. The van der Waals surface area contributed by atoms with Crippen molar-refractivity contribution in [1.29, 1.82) is 5.26 Å². The maximum atomic E-state index is 11.5. The van der Waals surface area contributed by atoms with Gasteiger partial charge in [0.1, 0.15) is 11.8 Å². The number of nitriles is 1. The molecule has 2 rings (SSSR count). The molecule has 0 amide bonds. The predicted molar refractivity (Wildman–Crippen MR) is 78.0 cm³/mol. The van der Waals surface area contributed by atoms with Crippen molar-refractivity contribution < 1.29 is 14.6 Å². The summed E-state index contributed by atoms with van der Waals surface area (Å²) in [5.74, 6) is -0.143. The molecule has 1 fully saturated rings. The summed E-state index contributed by atoms with van der Waals surface area (Å²) in [5.41, 5.74) is 0.892. The summed E-state index contributed by atoms with van der Waals surface area (Å²) in [5, 5.41) is 18.5. The number of hydrogen-bond donors (Lipinski definition) is 1. The summed E-state index contributed by atoms with van der Waals surface area (Å²) in [6.07, 6.45) is 1.32. The standard InChI is InChI=1S/C16H20N2O3/c1-3-16(15(19)20)6-7-18(11-16)10-12-4-5-14(21-2)13(8-12)9-17/h4-5,8H,3,6-7,10-11H2,1-2H3,(H,19,20). The van der Waals surface area contributed by atoms with Crippen LogP contribution in [0.15, 0.2) is 18.2 Å². The smallest absolute Gasteiger partial charge is 0.310 e. The Bertz CT molecular complexity index is 579. The fraction of sp³-hybridized carbons (Fsp3) is 0.500. The van der Waals surface area contributed by atoms with Crippen molar-refractivity contribution in [2.75, 3.05) is 20.2 Å². The van der Waals surface area contributed by atoms with Gasteiger partial charge in [-0.15, -0.1) is 0 Å². The number of methoxy groups -OCH3 is 1. The van der Waals surface area contributed by atoms with Gasteiger partial charge in [0.25, 0.3) is 0 Å². The molecule has 1 heterocycles. The minimum Gasteiger partial charge on any atom is -0.495 e. The molecule has 0 aromatic heterocycles. The Labute approximate surface area is 124 Å². The highest BCUT2D eigenvalue weighted by atomic mass is 16.5. The number of hydrogen-bond acceptors (Lipinski definition) is 4. The van der Waals surface area contributed by atoms with Crippen LogP contribution >= 0.6 is 0 Å². The van der Waals surface area contributed by atoms with Crippen molar-refractivity contribution in [2.45, 2.75) is 26.3 Å². The molecular weight excluding hydrogens is 268 g/mol. The van der Waals surface area contributed by atoms with Gasteiger partial charge in [0.05, 0.1) is 18.1 Å². The lowest BCUT2D eigenvalue weighted by molar-refractivity contribution is -0.148. The van der Waals surface area contributed by atoms with E-state index >= 15 is 0 Å². The molecule has 5 heteroatoms. The Hall–Kier alpha value is -2.06. The van der Waals surface area contributed by atoms with Crippen LogP contribution in [-0.2, 0) is 11.3 Å². The van der Waals surface area contributed by atoms with Gasteiger partial charge in [-0.2, -0.15) is 5.26 Å². The minimum absolute atomic E-state index is 0.509. The molecule has 0 spiro atoms. The van der Waals surface area contributed by atoms with Crippen LogP contribution < -0.4 is 4.74 Å². The molecule has 1 saturated heterocycles. The van der Waals surface area contributed by atoms with E-state index in [-0.39, 0.29) is 0 Å². The summed E-state index contributed by atoms with van der Waals surface area (Å²) < 4.78 is 5.13. The average Bonchev–Trinajstić information content (AvgIpc) is 2.91. The first-order valence-electron chi connectivity index (χ1n) is 7.07. The maximum Gasteiger partial charge on any atom is 0.310 e. The molecule has 1 aliphatic rings. The first kappa shape index (κ1) is 15.3. The van der Waals surface area contributed by atoms with Crippen LogP contribution in [0.1, 0.15) is 30.9 Å². The second kappa shape index (κ2) is 6.15. The zero-order valence-corrected chi connectivity index (χ0v) is 12.4. The number of aliphatic carboxylic acids is 1. The zero-order valence-electron chi connectivity index (χ0n) is 12.4. The SMILES string of the molecule is CCC1(C(=O)O)CCN(Cc2ccc(OC)c(C#N)c2)C1. The fourth-order valence-corrected chi connectivity index (χ4v) is 2.91. The van der Waals surface area contributed by atoms with Crippen molar-refractivity contribution in [3.05, 3.63) is 29.3 Å². The van der Waals surface area contributed by atoms with Crippen molar-refractivity contribution >= 4 is 5.97 Å². The Kier molecular flexibility index (Phi) is 4.49. The molecule has 112 valence electrons. The van der Waals surface area contributed by atoms with Crippen LogP contribution in [0.5, 0.6) is 5.75 Å². The molecule has 0 aliphatic carbocycles. The molecule has 0 saturated carbocycles. The zero-order chi connectivity index (χ0) is 15.5. The molecule has 21 heavy (non-hydrogen) atoms. The Morgan fingerprint density at radius 3 is 2.86 bits per heavy atom. The monoisotopic (exact) mass is 288 g/mol. The van der Waals surface area contributed by atoms with Crippen molar-refractivity contribution in [1.82, 2.24) is 4.90 Å². The number of ether oxygens (including phenoxy) is 1. The third kappa shape index (κ3) is 3.01. The lowest BCUT2D eigenvalue weighted by Gasteiger charge is -2.23. The third-order valence-electron chi connectivity index (χ3n) is 4.35. The van der Waals surface area contributed by atoms with Gasteiger partial charge in [-0.1, -0.05) is 13.0 Å². The number of carbonyl (C=O) groups is 1. The molecule has 0 bridgehead atoms. The van der Waals surface area contributed by atoms with E-state index < -0.39 is 11.4 Å². The molecule has 1 aromatic rings. The highest BCUT2D eigenvalue weighted by Crippen LogP contribution is 2.35. The van der Waals surface area contributed by atoms with E-state index in [4.69, 9.17) is 10.00 Å². The number of carboxylic acids is 1. The highest BCUT2D eigenvalue weighted by molar-refractivity contribution is 5.75. The van der Waals surface area contributed by atoms with Gasteiger partial charge in [0, 0.05) is 13.1 Å². The second-order valence-corrected chi connectivity index (χ2v) is 5.55. The molecular formula is C16H20N2O3. The van der Waals surface area contributed by atoms with E-state index in [2.05, 4.69) is 11.0 Å². The third-order valence-corrected chi connectivity index (χ3v) is 4.35. The minimum atomic E-state index is -0.708. The number of carboxylic acid groups (broad SMARTS) is 1. The van der Waals surface area contributed by atoms with Crippen LogP contribution in [0.3, 0.4) is 0 Å². The van der Waals surface area contributed by atoms with Gasteiger partial charge < -0.3 is 9.84 Å². The fourth-order valence-electron chi connectivity index (χ4n) is 2.91. The summed E-state index contributed by atoms with van der Waals surface area (Å²) in [7, 11) is 1.54. The van der Waals surface area contributed by atoms with Crippen LogP contribution in [0, 0.1) is 16.7 Å². The molecule has 0 radical (unpaired) electrons. The van der Waals surface area contributed by atoms with Crippen LogP contribution in [0.2, 0.25) is 0 Å². The Balaban J connectivity index is 2.10. The van der Waals surface area contributed by atoms with E-state index in [9.17, 15) is 9.90 Å². The van der Waals surface area contributed by atoms with Crippen molar-refractivity contribution in [2.24, 2.45) is 5.41 Å². The van der Waals surface area contributed by atoms with Gasteiger partial charge in [-0.05, 0) is 37.1 Å². The van der Waals surface area contributed by atoms with Crippen molar-refractivity contribution in [3.63, 3.8) is 0 Å². The summed E-state index contributed by atoms with van der Waals surface area (Å²) in [4.78, 5) is 13.6. The Morgan fingerprint density at radius 2 is 2.33 bits per heavy atom.